The molecular weight excluding hydrogens is 532 g/mol. The highest BCUT2D eigenvalue weighted by Gasteiger charge is 2.57. The van der Waals surface area contributed by atoms with Gasteiger partial charge >= 0.3 is 5.97 Å². The van der Waals surface area contributed by atoms with E-state index in [1.54, 1.807) is 5.57 Å². The van der Waals surface area contributed by atoms with Crippen LogP contribution in [0.1, 0.15) is 109 Å². The maximum Gasteiger partial charge on any atom is 0.338 e. The first-order valence-electron chi connectivity index (χ1n) is 15.9. The lowest BCUT2D eigenvalue weighted by atomic mass is 9.50. The third-order valence-electron chi connectivity index (χ3n) is 11.6. The summed E-state index contributed by atoms with van der Waals surface area (Å²) < 4.78 is 5.80. The number of esters is 1. The summed E-state index contributed by atoms with van der Waals surface area (Å²) in [7, 11) is 0. The quantitative estimate of drug-likeness (QED) is 0.164. The van der Waals surface area contributed by atoms with Crippen molar-refractivity contribution in [1.82, 2.24) is 0 Å². The summed E-state index contributed by atoms with van der Waals surface area (Å²) in [5, 5.41) is 22.5. The fraction of sp³-hybridized carbons (Fsp3) is 0.676. The van der Waals surface area contributed by atoms with Crippen LogP contribution in [0.5, 0.6) is 0 Å². The van der Waals surface area contributed by atoms with Crippen molar-refractivity contribution in [2.75, 3.05) is 0 Å². The third kappa shape index (κ3) is 5.53. The number of fused-ring (bicyclic) bond motifs is 5. The third-order valence-corrected chi connectivity index (χ3v) is 11.6. The van der Waals surface area contributed by atoms with Crippen molar-refractivity contribution in [3.8, 4) is 0 Å². The zero-order valence-electron chi connectivity index (χ0n) is 25.8. The Balaban J connectivity index is 1.30. The average Bonchev–Trinajstić information content (AvgIpc) is 3.30. The molecule has 0 heterocycles. The molecule has 0 radical (unpaired) electrons. The summed E-state index contributed by atoms with van der Waals surface area (Å²) in [6, 6.07) is 2.96. The van der Waals surface area contributed by atoms with E-state index in [1.807, 2.05) is 0 Å². The molecule has 8 nitrogen and oxygen atoms in total. The predicted octanol–water partition coefficient (Wildman–Crippen LogP) is 8.99. The number of rotatable bonds is 9. The molecule has 0 amide bonds. The normalized spacial score (nSPS) is 32.6. The van der Waals surface area contributed by atoms with Gasteiger partial charge in [0.15, 0.2) is 0 Å². The van der Waals surface area contributed by atoms with Gasteiger partial charge in [0, 0.05) is 18.6 Å². The summed E-state index contributed by atoms with van der Waals surface area (Å²) in [6.45, 7) is 12.1. The molecule has 0 aromatic heterocycles. The van der Waals surface area contributed by atoms with E-state index in [0.717, 1.165) is 42.4 Å². The Labute approximate surface area is 249 Å². The minimum atomic E-state index is -0.754. The van der Waals surface area contributed by atoms with Crippen molar-refractivity contribution in [3.63, 3.8) is 0 Å². The molecule has 0 aliphatic heterocycles. The van der Waals surface area contributed by atoms with E-state index in [0.29, 0.717) is 30.1 Å². The lowest BCUT2D eigenvalue weighted by Crippen LogP contribution is -2.46. The van der Waals surface area contributed by atoms with Crippen LogP contribution in [0.3, 0.4) is 0 Å². The van der Waals surface area contributed by atoms with Crippen LogP contribution in [0.25, 0.3) is 0 Å². The van der Waals surface area contributed by atoms with E-state index in [1.165, 1.54) is 50.5 Å². The molecule has 228 valence electrons. The van der Waals surface area contributed by atoms with Gasteiger partial charge in [-0.05, 0) is 78.9 Å². The maximum atomic E-state index is 13.0. The number of allylic oxidation sites excluding steroid dienone is 3. The molecule has 4 aliphatic rings. The summed E-state index contributed by atoms with van der Waals surface area (Å²) in [6.07, 6.45) is 15.6. The highest BCUT2D eigenvalue weighted by molar-refractivity contribution is 5.91. The smallest absolute Gasteiger partial charge is 0.338 e. The van der Waals surface area contributed by atoms with E-state index in [2.05, 4.69) is 46.8 Å². The maximum absolute atomic E-state index is 13.0. The van der Waals surface area contributed by atoms with E-state index < -0.39 is 27.2 Å². The van der Waals surface area contributed by atoms with Crippen molar-refractivity contribution < 1.29 is 19.4 Å². The van der Waals surface area contributed by atoms with Gasteiger partial charge in [0.1, 0.15) is 6.10 Å². The summed E-state index contributed by atoms with van der Waals surface area (Å²) >= 11 is 0. The summed E-state index contributed by atoms with van der Waals surface area (Å²) in [5.74, 6) is 2.73. The molecule has 1 aromatic carbocycles. The second-order valence-electron chi connectivity index (χ2n) is 14.4. The van der Waals surface area contributed by atoms with E-state index in [4.69, 9.17) is 4.74 Å². The number of ether oxygens (including phenoxy) is 1. The zero-order valence-corrected chi connectivity index (χ0v) is 25.8. The zero-order chi connectivity index (χ0) is 30.4. The molecule has 0 saturated heterocycles. The van der Waals surface area contributed by atoms with Gasteiger partial charge in [0.2, 0.25) is 0 Å². The molecule has 5 rings (SSSR count). The largest absolute Gasteiger partial charge is 0.458 e. The Morgan fingerprint density at radius 1 is 0.929 bits per heavy atom. The van der Waals surface area contributed by atoms with Crippen molar-refractivity contribution >= 4 is 17.3 Å². The van der Waals surface area contributed by atoms with Crippen LogP contribution in [0.2, 0.25) is 0 Å². The topological polar surface area (TPSA) is 113 Å². The Morgan fingerprint density at radius 2 is 1.62 bits per heavy atom. The molecule has 1 aromatic rings. The second kappa shape index (κ2) is 11.6. The fourth-order valence-corrected chi connectivity index (χ4v) is 9.24. The van der Waals surface area contributed by atoms with Crippen molar-refractivity contribution in [2.24, 2.45) is 40.4 Å². The van der Waals surface area contributed by atoms with Crippen LogP contribution in [0, 0.1) is 60.6 Å². The molecule has 8 heteroatoms. The molecular formula is C34H46N2O6. The first-order chi connectivity index (χ1) is 19.8. The fourth-order valence-electron chi connectivity index (χ4n) is 9.24. The van der Waals surface area contributed by atoms with E-state index >= 15 is 0 Å². The van der Waals surface area contributed by atoms with Crippen LogP contribution < -0.4 is 0 Å². The summed E-state index contributed by atoms with van der Waals surface area (Å²) in [5.41, 5.74) is 2.21. The Kier molecular flexibility index (Phi) is 8.38. The Bertz CT molecular complexity index is 1280. The van der Waals surface area contributed by atoms with Gasteiger partial charge in [-0.2, -0.15) is 0 Å². The number of hydrogen-bond acceptors (Lipinski definition) is 6. The van der Waals surface area contributed by atoms with Crippen LogP contribution in [0.15, 0.2) is 41.5 Å². The number of nitrogens with zero attached hydrogens (tertiary/aromatic N) is 2. The lowest BCUT2D eigenvalue weighted by Gasteiger charge is -2.55. The lowest BCUT2D eigenvalue weighted by molar-refractivity contribution is -0.394. The van der Waals surface area contributed by atoms with E-state index in [-0.39, 0.29) is 17.1 Å². The van der Waals surface area contributed by atoms with Crippen LogP contribution in [0.4, 0.5) is 11.4 Å². The number of non-ortho nitro benzene ring substituents is 2. The SMILES string of the molecule is CC(C)CCC[C@H](C)[C@@H]1CC[C@@H]2C3=CC=C4C[C@H](OC(=O)c5cc([N+](=O)[O-])cc([N+](=O)[O-])c5)CC[C@]4(C)[C@H]3CC[C@@]21C. The highest BCUT2D eigenvalue weighted by Crippen LogP contribution is 2.66. The van der Waals surface area contributed by atoms with Gasteiger partial charge < -0.3 is 4.74 Å². The first-order valence-corrected chi connectivity index (χ1v) is 15.9. The molecule has 7 atom stereocenters. The molecule has 4 aliphatic carbocycles. The predicted molar refractivity (Wildman–Crippen MR) is 162 cm³/mol. The molecule has 0 spiro atoms. The second-order valence-corrected chi connectivity index (χ2v) is 14.4. The molecule has 3 saturated carbocycles. The Hall–Kier alpha value is -3.03. The number of nitro groups is 2. The standard InChI is InChI=1S/C34H46N2O6/c1-21(2)7-6-8-22(3)29-11-12-30-28-10-9-24-19-27(13-15-33(24,4)31(28)14-16-34(29,30)5)42-32(37)23-17-25(35(38)39)20-26(18-23)36(40)41/h9-10,17-18,20-22,27,29-31H,6-8,11-16,19H2,1-5H3/t22-,27+,29-,30+,31-,33-,34+/m0/s1. The molecule has 0 unspecified atom stereocenters. The van der Waals surface area contributed by atoms with Gasteiger partial charge in [-0.3, -0.25) is 20.2 Å². The van der Waals surface area contributed by atoms with Crippen LogP contribution >= 0.6 is 0 Å². The van der Waals surface area contributed by atoms with Gasteiger partial charge in [-0.1, -0.05) is 77.2 Å². The van der Waals surface area contributed by atoms with Crippen LogP contribution in [-0.2, 0) is 4.74 Å². The van der Waals surface area contributed by atoms with Gasteiger partial charge in [-0.25, -0.2) is 4.79 Å². The van der Waals surface area contributed by atoms with Gasteiger partial charge in [0.05, 0.1) is 21.5 Å². The van der Waals surface area contributed by atoms with Crippen molar-refractivity contribution in [2.45, 2.75) is 105 Å². The molecule has 0 N–H and O–H groups in total. The number of benzene rings is 1. The number of carbonyl (C=O) groups excluding carboxylic acids is 1. The Morgan fingerprint density at radius 3 is 2.26 bits per heavy atom. The number of carbonyl (C=O) groups is 1. The number of nitro benzene ring substituents is 2. The molecule has 3 fully saturated rings. The van der Waals surface area contributed by atoms with Gasteiger partial charge in [-0.15, -0.1) is 0 Å². The van der Waals surface area contributed by atoms with Crippen molar-refractivity contribution in [3.05, 3.63) is 67.3 Å². The van der Waals surface area contributed by atoms with Crippen LogP contribution in [-0.4, -0.2) is 21.9 Å². The first kappa shape index (κ1) is 30.4. The van der Waals surface area contributed by atoms with Crippen molar-refractivity contribution in [1.29, 1.82) is 0 Å². The number of hydrogen-bond donors (Lipinski definition) is 0. The average molecular weight is 579 g/mol. The minimum Gasteiger partial charge on any atom is -0.458 e. The van der Waals surface area contributed by atoms with E-state index in [9.17, 15) is 25.0 Å². The summed E-state index contributed by atoms with van der Waals surface area (Å²) in [4.78, 5) is 34.0. The molecule has 42 heavy (non-hydrogen) atoms. The molecule has 0 bridgehead atoms. The minimum absolute atomic E-state index is 0.0413. The monoisotopic (exact) mass is 578 g/mol. The van der Waals surface area contributed by atoms with Gasteiger partial charge in [0.25, 0.3) is 11.4 Å². The highest BCUT2D eigenvalue weighted by atomic mass is 16.6.